The second-order valence-electron chi connectivity index (χ2n) is 3.91. The van der Waals surface area contributed by atoms with Crippen molar-refractivity contribution in [3.05, 3.63) is 0 Å². The van der Waals surface area contributed by atoms with Crippen molar-refractivity contribution >= 4 is 11.9 Å². The van der Waals surface area contributed by atoms with E-state index in [9.17, 15) is 9.59 Å². The first kappa shape index (κ1) is 14.9. The van der Waals surface area contributed by atoms with Crippen molar-refractivity contribution in [1.29, 1.82) is 0 Å². The molecule has 16 heavy (non-hydrogen) atoms. The van der Waals surface area contributed by atoms with E-state index < -0.39 is 0 Å². The second kappa shape index (κ2) is 7.22. The van der Waals surface area contributed by atoms with E-state index >= 15 is 0 Å². The highest BCUT2D eigenvalue weighted by molar-refractivity contribution is 5.82. The monoisotopic (exact) mass is 230 g/mol. The zero-order valence-corrected chi connectivity index (χ0v) is 10.7. The predicted molar refractivity (Wildman–Crippen MR) is 62.0 cm³/mol. The van der Waals surface area contributed by atoms with Crippen LogP contribution in [0.15, 0.2) is 0 Å². The molecule has 5 heteroatoms. The number of nitrogens with zero attached hydrogens (tertiary/aromatic N) is 1. The second-order valence-corrected chi connectivity index (χ2v) is 3.91. The Labute approximate surface area is 97.1 Å². The molecule has 1 amide bonds. The molecule has 0 heterocycles. The van der Waals surface area contributed by atoms with Gasteiger partial charge in [0.15, 0.2) is 0 Å². The zero-order chi connectivity index (χ0) is 12.7. The Morgan fingerprint density at radius 2 is 1.88 bits per heavy atom. The van der Waals surface area contributed by atoms with E-state index in [0.29, 0.717) is 6.54 Å². The topological polar surface area (TPSA) is 58.6 Å². The molecule has 0 saturated carbocycles. The maximum atomic E-state index is 11.7. The molecule has 0 rings (SSSR count). The number of rotatable bonds is 6. The van der Waals surface area contributed by atoms with Gasteiger partial charge in [0.1, 0.15) is 0 Å². The third kappa shape index (κ3) is 4.61. The van der Waals surface area contributed by atoms with Gasteiger partial charge in [-0.25, -0.2) is 0 Å². The third-order valence-electron chi connectivity index (χ3n) is 2.43. The van der Waals surface area contributed by atoms with Crippen LogP contribution >= 0.6 is 0 Å². The van der Waals surface area contributed by atoms with Gasteiger partial charge in [-0.1, -0.05) is 0 Å². The smallest absolute Gasteiger partial charge is 0.319 e. The van der Waals surface area contributed by atoms with E-state index in [-0.39, 0.29) is 30.5 Å². The summed E-state index contributed by atoms with van der Waals surface area (Å²) >= 11 is 0. The molecule has 0 bridgehead atoms. The van der Waals surface area contributed by atoms with Gasteiger partial charge in [0, 0.05) is 12.6 Å². The van der Waals surface area contributed by atoms with Crippen LogP contribution in [0.3, 0.4) is 0 Å². The maximum Gasteiger partial charge on any atom is 0.319 e. The molecule has 1 unspecified atom stereocenters. The molecule has 0 aromatic carbocycles. The molecule has 0 saturated heterocycles. The van der Waals surface area contributed by atoms with Crippen molar-refractivity contribution < 1.29 is 14.3 Å². The summed E-state index contributed by atoms with van der Waals surface area (Å²) in [4.78, 5) is 24.7. The number of carbonyl (C=O) groups excluding carboxylic acids is 2. The number of likely N-dealkylation sites (N-methyl/N-ethyl adjacent to an activating group) is 1. The molecule has 94 valence electrons. The highest BCUT2D eigenvalue weighted by Crippen LogP contribution is 2.05. The average molecular weight is 230 g/mol. The molecular formula is C11H22N2O3. The highest BCUT2D eigenvalue weighted by Gasteiger charge is 2.25. The number of carbonyl (C=O) groups is 2. The molecule has 0 aliphatic heterocycles. The van der Waals surface area contributed by atoms with E-state index in [4.69, 9.17) is 0 Å². The van der Waals surface area contributed by atoms with Crippen LogP contribution in [0.25, 0.3) is 0 Å². The molecule has 1 atom stereocenters. The summed E-state index contributed by atoms with van der Waals surface area (Å²) in [6.45, 7) is 8.26. The van der Waals surface area contributed by atoms with E-state index in [1.165, 1.54) is 7.11 Å². The number of methoxy groups -OCH3 is 1. The molecule has 0 aromatic rings. The Bertz CT molecular complexity index is 241. The van der Waals surface area contributed by atoms with Gasteiger partial charge in [-0.2, -0.15) is 0 Å². The van der Waals surface area contributed by atoms with E-state index in [0.717, 1.165) is 0 Å². The molecule has 0 radical (unpaired) electrons. The van der Waals surface area contributed by atoms with Crippen LogP contribution in [-0.4, -0.2) is 49.1 Å². The first-order valence-corrected chi connectivity index (χ1v) is 5.54. The predicted octanol–water partition coefficient (Wildman–Crippen LogP) is 0.394. The lowest BCUT2D eigenvalue weighted by molar-refractivity contribution is -0.144. The fourth-order valence-electron chi connectivity index (χ4n) is 1.45. The van der Waals surface area contributed by atoms with Gasteiger partial charge in [0.25, 0.3) is 0 Å². The summed E-state index contributed by atoms with van der Waals surface area (Å²) in [6, 6.07) is -0.226. The van der Waals surface area contributed by atoms with E-state index in [1.54, 1.807) is 11.8 Å². The average Bonchev–Trinajstić information content (AvgIpc) is 2.24. The van der Waals surface area contributed by atoms with Crippen LogP contribution in [0.2, 0.25) is 0 Å². The number of ether oxygens (including phenoxy) is 1. The fraction of sp³-hybridized carbons (Fsp3) is 0.818. The molecule has 0 fully saturated rings. The first-order valence-electron chi connectivity index (χ1n) is 5.54. The largest absolute Gasteiger partial charge is 0.468 e. The quantitative estimate of drug-likeness (QED) is 0.671. The summed E-state index contributed by atoms with van der Waals surface area (Å²) in [5, 5.41) is 2.74. The summed E-state index contributed by atoms with van der Waals surface area (Å²) in [7, 11) is 1.34. The summed E-state index contributed by atoms with van der Waals surface area (Å²) in [5.74, 6) is -0.398. The number of amides is 1. The van der Waals surface area contributed by atoms with Crippen LogP contribution < -0.4 is 5.32 Å². The Morgan fingerprint density at radius 1 is 1.31 bits per heavy atom. The van der Waals surface area contributed by atoms with Gasteiger partial charge in [0.05, 0.1) is 19.7 Å². The van der Waals surface area contributed by atoms with Crippen LogP contribution in [0.1, 0.15) is 27.7 Å². The number of nitrogens with one attached hydrogen (secondary N) is 1. The van der Waals surface area contributed by atoms with Gasteiger partial charge < -0.3 is 10.1 Å². The van der Waals surface area contributed by atoms with Gasteiger partial charge in [-0.05, 0) is 27.7 Å². The van der Waals surface area contributed by atoms with Crippen molar-refractivity contribution in [2.24, 2.45) is 0 Å². The Hall–Kier alpha value is -1.10. The molecule has 0 aromatic heterocycles. The van der Waals surface area contributed by atoms with Crippen molar-refractivity contribution in [1.82, 2.24) is 10.2 Å². The molecule has 0 spiro atoms. The minimum atomic E-state index is -0.334. The van der Waals surface area contributed by atoms with Gasteiger partial charge in [-0.15, -0.1) is 0 Å². The molecule has 5 nitrogen and oxygen atoms in total. The lowest BCUT2D eigenvalue weighted by Gasteiger charge is -2.30. The summed E-state index contributed by atoms with van der Waals surface area (Å²) in [5.41, 5.74) is 0. The summed E-state index contributed by atoms with van der Waals surface area (Å²) < 4.78 is 4.61. The lowest BCUT2D eigenvalue weighted by Crippen LogP contribution is -2.50. The molecule has 0 aliphatic rings. The standard InChI is InChI=1S/C11H22N2O3/c1-6-12-11(15)9(4)13(8(2)3)7-10(14)16-5/h8-9H,6-7H2,1-5H3,(H,12,15). The number of esters is 1. The van der Waals surface area contributed by atoms with E-state index in [2.05, 4.69) is 10.1 Å². The fourth-order valence-corrected chi connectivity index (χ4v) is 1.45. The third-order valence-corrected chi connectivity index (χ3v) is 2.43. The van der Waals surface area contributed by atoms with Crippen molar-refractivity contribution in [2.45, 2.75) is 39.8 Å². The SMILES string of the molecule is CCNC(=O)C(C)N(CC(=O)OC)C(C)C. The van der Waals surface area contributed by atoms with Crippen molar-refractivity contribution in [3.63, 3.8) is 0 Å². The minimum Gasteiger partial charge on any atom is -0.468 e. The van der Waals surface area contributed by atoms with Crippen molar-refractivity contribution in [2.75, 3.05) is 20.2 Å². The first-order chi connectivity index (χ1) is 7.43. The normalized spacial score (nSPS) is 12.7. The molecule has 0 aliphatic carbocycles. The van der Waals surface area contributed by atoms with Crippen LogP contribution in [0, 0.1) is 0 Å². The lowest BCUT2D eigenvalue weighted by atomic mass is 10.2. The van der Waals surface area contributed by atoms with Crippen LogP contribution in [0.4, 0.5) is 0 Å². The number of hydrogen-bond acceptors (Lipinski definition) is 4. The van der Waals surface area contributed by atoms with Crippen LogP contribution in [-0.2, 0) is 14.3 Å². The Kier molecular flexibility index (Phi) is 6.72. The van der Waals surface area contributed by atoms with Crippen LogP contribution in [0.5, 0.6) is 0 Å². The van der Waals surface area contributed by atoms with E-state index in [1.807, 2.05) is 20.8 Å². The highest BCUT2D eigenvalue weighted by atomic mass is 16.5. The molecule has 1 N–H and O–H groups in total. The maximum absolute atomic E-state index is 11.7. The number of hydrogen-bond donors (Lipinski definition) is 1. The van der Waals surface area contributed by atoms with Gasteiger partial charge in [0.2, 0.25) is 5.91 Å². The van der Waals surface area contributed by atoms with Gasteiger partial charge in [-0.3, -0.25) is 14.5 Å². The Morgan fingerprint density at radius 3 is 2.25 bits per heavy atom. The summed E-state index contributed by atoms with van der Waals surface area (Å²) in [6.07, 6.45) is 0. The minimum absolute atomic E-state index is 0.0693. The zero-order valence-electron chi connectivity index (χ0n) is 10.7. The van der Waals surface area contributed by atoms with Crippen molar-refractivity contribution in [3.8, 4) is 0 Å². The Balaban J connectivity index is 4.52. The van der Waals surface area contributed by atoms with Gasteiger partial charge >= 0.3 is 5.97 Å². The molecular weight excluding hydrogens is 208 g/mol.